The first-order valence-corrected chi connectivity index (χ1v) is 6.28. The SMILES string of the molecule is Cc1ccc(N)c(NCC2(O)CCCCC2)n1. The summed E-state index contributed by atoms with van der Waals surface area (Å²) < 4.78 is 0. The van der Waals surface area contributed by atoms with Crippen molar-refractivity contribution in [3.63, 3.8) is 0 Å². The van der Waals surface area contributed by atoms with Crippen LogP contribution in [0.2, 0.25) is 0 Å². The molecule has 0 bridgehead atoms. The van der Waals surface area contributed by atoms with E-state index in [2.05, 4.69) is 10.3 Å². The molecule has 1 fully saturated rings. The van der Waals surface area contributed by atoms with E-state index in [0.29, 0.717) is 18.1 Å². The number of nitrogens with zero attached hydrogens (tertiary/aromatic N) is 1. The molecular formula is C13H21N3O. The van der Waals surface area contributed by atoms with E-state index >= 15 is 0 Å². The Morgan fingerprint density at radius 1 is 1.35 bits per heavy atom. The summed E-state index contributed by atoms with van der Waals surface area (Å²) in [5.74, 6) is 0.684. The predicted molar refractivity (Wildman–Crippen MR) is 69.9 cm³/mol. The molecule has 0 aliphatic heterocycles. The lowest BCUT2D eigenvalue weighted by molar-refractivity contribution is 0.0167. The second-order valence-electron chi connectivity index (χ2n) is 5.03. The van der Waals surface area contributed by atoms with Crippen molar-refractivity contribution >= 4 is 11.5 Å². The average molecular weight is 235 g/mol. The number of nitrogens with one attached hydrogen (secondary N) is 1. The van der Waals surface area contributed by atoms with Crippen molar-refractivity contribution in [3.8, 4) is 0 Å². The number of nitrogen functional groups attached to an aromatic ring is 1. The van der Waals surface area contributed by atoms with Gasteiger partial charge in [-0.1, -0.05) is 19.3 Å². The van der Waals surface area contributed by atoms with Gasteiger partial charge in [0.25, 0.3) is 0 Å². The van der Waals surface area contributed by atoms with Gasteiger partial charge in [0, 0.05) is 12.2 Å². The van der Waals surface area contributed by atoms with E-state index in [4.69, 9.17) is 5.73 Å². The summed E-state index contributed by atoms with van der Waals surface area (Å²) in [6, 6.07) is 3.73. The van der Waals surface area contributed by atoms with Crippen LogP contribution in [0.1, 0.15) is 37.8 Å². The van der Waals surface area contributed by atoms with E-state index < -0.39 is 5.60 Å². The predicted octanol–water partition coefficient (Wildman–Crippen LogP) is 2.08. The van der Waals surface area contributed by atoms with Crippen molar-refractivity contribution in [1.29, 1.82) is 0 Å². The molecule has 1 aliphatic carbocycles. The number of nitrogens with two attached hydrogens (primary N) is 1. The maximum Gasteiger partial charge on any atom is 0.149 e. The zero-order valence-corrected chi connectivity index (χ0v) is 10.4. The summed E-state index contributed by atoms with van der Waals surface area (Å²) in [5.41, 5.74) is 6.82. The number of hydrogen-bond donors (Lipinski definition) is 3. The van der Waals surface area contributed by atoms with Crippen LogP contribution < -0.4 is 11.1 Å². The number of pyridine rings is 1. The highest BCUT2D eigenvalue weighted by Gasteiger charge is 2.28. The molecule has 1 aromatic heterocycles. The molecule has 0 unspecified atom stereocenters. The van der Waals surface area contributed by atoms with Gasteiger partial charge in [-0.2, -0.15) is 0 Å². The molecule has 1 heterocycles. The molecule has 4 N–H and O–H groups in total. The molecule has 4 nitrogen and oxygen atoms in total. The van der Waals surface area contributed by atoms with E-state index in [9.17, 15) is 5.11 Å². The normalized spacial score (nSPS) is 18.9. The third kappa shape index (κ3) is 3.09. The quantitative estimate of drug-likeness (QED) is 0.750. The number of hydrogen-bond acceptors (Lipinski definition) is 4. The molecule has 1 aromatic rings. The summed E-state index contributed by atoms with van der Waals surface area (Å²) in [6.45, 7) is 2.47. The molecule has 0 radical (unpaired) electrons. The smallest absolute Gasteiger partial charge is 0.149 e. The van der Waals surface area contributed by atoms with Crippen molar-refractivity contribution in [1.82, 2.24) is 4.98 Å². The largest absolute Gasteiger partial charge is 0.396 e. The third-order valence-electron chi connectivity index (χ3n) is 3.43. The second-order valence-corrected chi connectivity index (χ2v) is 5.03. The Bertz CT molecular complexity index is 386. The lowest BCUT2D eigenvalue weighted by Crippen LogP contribution is -2.39. The molecule has 17 heavy (non-hydrogen) atoms. The van der Waals surface area contributed by atoms with Crippen LogP contribution in [-0.4, -0.2) is 22.2 Å². The Kier molecular flexibility index (Phi) is 3.52. The molecular weight excluding hydrogens is 214 g/mol. The first kappa shape index (κ1) is 12.2. The summed E-state index contributed by atoms with van der Waals surface area (Å²) in [4.78, 5) is 4.34. The molecule has 0 spiro atoms. The zero-order chi connectivity index (χ0) is 12.3. The topological polar surface area (TPSA) is 71.2 Å². The maximum absolute atomic E-state index is 10.4. The minimum absolute atomic E-state index is 0.535. The lowest BCUT2D eigenvalue weighted by atomic mass is 9.85. The van der Waals surface area contributed by atoms with Crippen LogP contribution >= 0.6 is 0 Å². The Morgan fingerprint density at radius 3 is 2.76 bits per heavy atom. The Labute approximate surface area is 102 Å². The number of aryl methyl sites for hydroxylation is 1. The van der Waals surface area contributed by atoms with Gasteiger partial charge in [-0.15, -0.1) is 0 Å². The van der Waals surface area contributed by atoms with Crippen molar-refractivity contribution in [2.75, 3.05) is 17.6 Å². The minimum atomic E-state index is -0.587. The molecule has 1 saturated carbocycles. The standard InChI is InChI=1S/C13H21N3O/c1-10-5-6-11(14)12(16-10)15-9-13(17)7-3-2-4-8-13/h5-6,17H,2-4,7-9,14H2,1H3,(H,15,16). The lowest BCUT2D eigenvalue weighted by Gasteiger charge is -2.32. The fourth-order valence-corrected chi connectivity index (χ4v) is 2.34. The average Bonchev–Trinajstić information content (AvgIpc) is 2.31. The molecule has 0 amide bonds. The number of anilines is 2. The van der Waals surface area contributed by atoms with Crippen LogP contribution in [0.5, 0.6) is 0 Å². The first-order valence-electron chi connectivity index (χ1n) is 6.28. The van der Waals surface area contributed by atoms with Gasteiger partial charge < -0.3 is 16.2 Å². The molecule has 2 rings (SSSR count). The highest BCUT2D eigenvalue weighted by atomic mass is 16.3. The Morgan fingerprint density at radius 2 is 2.06 bits per heavy atom. The molecule has 1 aliphatic rings. The fourth-order valence-electron chi connectivity index (χ4n) is 2.34. The van der Waals surface area contributed by atoms with Gasteiger partial charge in [0.15, 0.2) is 0 Å². The minimum Gasteiger partial charge on any atom is -0.396 e. The molecule has 0 aromatic carbocycles. The highest BCUT2D eigenvalue weighted by Crippen LogP contribution is 2.28. The van der Waals surface area contributed by atoms with Crippen LogP contribution in [0, 0.1) is 6.92 Å². The zero-order valence-electron chi connectivity index (χ0n) is 10.4. The fraction of sp³-hybridized carbons (Fsp3) is 0.615. The summed E-state index contributed by atoms with van der Waals surface area (Å²) >= 11 is 0. The van der Waals surface area contributed by atoms with Crippen molar-refractivity contribution < 1.29 is 5.11 Å². The van der Waals surface area contributed by atoms with Gasteiger partial charge in [0.1, 0.15) is 5.82 Å². The second kappa shape index (κ2) is 4.92. The van der Waals surface area contributed by atoms with E-state index in [1.807, 2.05) is 19.1 Å². The highest BCUT2D eigenvalue weighted by molar-refractivity contribution is 5.61. The molecule has 0 atom stereocenters. The number of aliphatic hydroxyl groups is 1. The van der Waals surface area contributed by atoms with Gasteiger partial charge in [-0.05, 0) is 31.9 Å². The Balaban J connectivity index is 1.99. The maximum atomic E-state index is 10.4. The van der Waals surface area contributed by atoms with E-state index in [1.165, 1.54) is 6.42 Å². The van der Waals surface area contributed by atoms with E-state index in [-0.39, 0.29) is 0 Å². The van der Waals surface area contributed by atoms with Gasteiger partial charge in [0.05, 0.1) is 11.3 Å². The van der Waals surface area contributed by atoms with E-state index in [0.717, 1.165) is 31.4 Å². The summed E-state index contributed by atoms with van der Waals surface area (Å²) in [6.07, 6.45) is 5.18. The Hall–Kier alpha value is -1.29. The van der Waals surface area contributed by atoms with Gasteiger partial charge in [-0.3, -0.25) is 0 Å². The summed E-state index contributed by atoms with van der Waals surface area (Å²) in [7, 11) is 0. The molecule has 0 saturated heterocycles. The first-order chi connectivity index (χ1) is 8.09. The van der Waals surface area contributed by atoms with Gasteiger partial charge in [-0.25, -0.2) is 4.98 Å². The number of aromatic nitrogens is 1. The third-order valence-corrected chi connectivity index (χ3v) is 3.43. The van der Waals surface area contributed by atoms with Crippen LogP contribution in [0.3, 0.4) is 0 Å². The molecule has 4 heteroatoms. The van der Waals surface area contributed by atoms with Gasteiger partial charge in [0.2, 0.25) is 0 Å². The monoisotopic (exact) mass is 235 g/mol. The summed E-state index contributed by atoms with van der Waals surface area (Å²) in [5, 5.41) is 13.5. The molecule has 94 valence electrons. The number of rotatable bonds is 3. The van der Waals surface area contributed by atoms with Crippen molar-refractivity contribution in [2.24, 2.45) is 0 Å². The van der Waals surface area contributed by atoms with Crippen molar-refractivity contribution in [3.05, 3.63) is 17.8 Å². The van der Waals surface area contributed by atoms with Crippen LogP contribution in [0.25, 0.3) is 0 Å². The van der Waals surface area contributed by atoms with Crippen LogP contribution in [0.4, 0.5) is 11.5 Å². The van der Waals surface area contributed by atoms with Crippen LogP contribution in [-0.2, 0) is 0 Å². The van der Waals surface area contributed by atoms with Crippen LogP contribution in [0.15, 0.2) is 12.1 Å². The van der Waals surface area contributed by atoms with Crippen molar-refractivity contribution in [2.45, 2.75) is 44.6 Å². The van der Waals surface area contributed by atoms with Gasteiger partial charge >= 0.3 is 0 Å². The van der Waals surface area contributed by atoms with E-state index in [1.54, 1.807) is 0 Å².